The van der Waals surface area contributed by atoms with E-state index >= 15 is 0 Å². The van der Waals surface area contributed by atoms with Gasteiger partial charge >= 0.3 is 0 Å². The van der Waals surface area contributed by atoms with Crippen LogP contribution in [0.4, 0.5) is 5.69 Å². The van der Waals surface area contributed by atoms with Gasteiger partial charge < -0.3 is 24.9 Å². The van der Waals surface area contributed by atoms with E-state index in [9.17, 15) is 19.2 Å². The van der Waals surface area contributed by atoms with E-state index in [0.717, 1.165) is 5.56 Å². The summed E-state index contributed by atoms with van der Waals surface area (Å²) in [4.78, 5) is 55.8. The van der Waals surface area contributed by atoms with Crippen molar-refractivity contribution in [3.63, 3.8) is 0 Å². The van der Waals surface area contributed by atoms with E-state index in [1.807, 2.05) is 24.0 Å². The van der Waals surface area contributed by atoms with Crippen LogP contribution < -0.4 is 10.6 Å². The second kappa shape index (κ2) is 10.5. The van der Waals surface area contributed by atoms with E-state index < -0.39 is 6.04 Å². The van der Waals surface area contributed by atoms with Crippen molar-refractivity contribution in [3.05, 3.63) is 54.0 Å². The zero-order valence-electron chi connectivity index (χ0n) is 19.2. The fourth-order valence-corrected chi connectivity index (χ4v) is 4.19. The molecule has 10 heteroatoms. The van der Waals surface area contributed by atoms with E-state index in [1.54, 1.807) is 29.2 Å². The number of carbonyl (C=O) groups is 4. The number of furan rings is 1. The van der Waals surface area contributed by atoms with Gasteiger partial charge in [-0.1, -0.05) is 17.7 Å². The molecule has 34 heavy (non-hydrogen) atoms. The number of anilines is 1. The number of rotatable bonds is 6. The van der Waals surface area contributed by atoms with Crippen molar-refractivity contribution in [1.82, 2.24) is 20.0 Å². The number of piperazine rings is 2. The van der Waals surface area contributed by atoms with Crippen LogP contribution in [-0.4, -0.2) is 90.2 Å². The zero-order valence-corrected chi connectivity index (χ0v) is 19.2. The Balaban J connectivity index is 1.31. The summed E-state index contributed by atoms with van der Waals surface area (Å²) >= 11 is 0. The number of benzene rings is 1. The van der Waals surface area contributed by atoms with Gasteiger partial charge in [0.25, 0.3) is 5.91 Å². The van der Waals surface area contributed by atoms with Gasteiger partial charge in [-0.25, -0.2) is 0 Å². The predicted octanol–water partition coefficient (Wildman–Crippen LogP) is 0.702. The highest BCUT2D eigenvalue weighted by atomic mass is 16.3. The summed E-state index contributed by atoms with van der Waals surface area (Å²) in [6.45, 7) is 4.83. The second-order valence-corrected chi connectivity index (χ2v) is 8.56. The maximum atomic E-state index is 13.1. The lowest BCUT2D eigenvalue weighted by molar-refractivity contribution is -0.145. The molecule has 0 saturated carbocycles. The molecule has 2 N–H and O–H groups in total. The zero-order chi connectivity index (χ0) is 24.1. The van der Waals surface area contributed by atoms with Crippen LogP contribution in [0.25, 0.3) is 0 Å². The largest absolute Gasteiger partial charge is 0.459 e. The molecule has 10 nitrogen and oxygen atoms in total. The van der Waals surface area contributed by atoms with Gasteiger partial charge in [-0.05, 0) is 31.2 Å². The number of hydrogen-bond acceptors (Lipinski definition) is 6. The maximum absolute atomic E-state index is 13.1. The van der Waals surface area contributed by atoms with Gasteiger partial charge in [0.15, 0.2) is 5.76 Å². The summed E-state index contributed by atoms with van der Waals surface area (Å²) in [5, 5.41) is 5.54. The first kappa shape index (κ1) is 23.5. The highest BCUT2D eigenvalue weighted by molar-refractivity contribution is 5.97. The Hall–Kier alpha value is -3.66. The molecule has 0 aliphatic carbocycles. The minimum Gasteiger partial charge on any atom is -0.459 e. The molecule has 1 aromatic carbocycles. The van der Waals surface area contributed by atoms with Crippen molar-refractivity contribution in [2.24, 2.45) is 0 Å². The molecule has 2 aromatic rings. The SMILES string of the molecule is Cc1ccc(NC(=O)C[C@H]2C(=O)NCCN2C(=O)CN2CCN(C(=O)c3ccco3)CC2)cc1. The van der Waals surface area contributed by atoms with Gasteiger partial charge in [0, 0.05) is 45.0 Å². The van der Waals surface area contributed by atoms with Crippen molar-refractivity contribution in [2.75, 3.05) is 51.1 Å². The molecule has 1 atom stereocenters. The van der Waals surface area contributed by atoms with Crippen molar-refractivity contribution in [2.45, 2.75) is 19.4 Å². The molecule has 0 radical (unpaired) electrons. The maximum Gasteiger partial charge on any atom is 0.289 e. The van der Waals surface area contributed by atoms with Crippen LogP contribution in [0, 0.1) is 6.92 Å². The molecular formula is C24H29N5O5. The smallest absolute Gasteiger partial charge is 0.289 e. The first-order valence-electron chi connectivity index (χ1n) is 11.4. The molecule has 0 spiro atoms. The molecular weight excluding hydrogens is 438 g/mol. The van der Waals surface area contributed by atoms with Gasteiger partial charge in [0.05, 0.1) is 19.2 Å². The fraction of sp³-hybridized carbons (Fsp3) is 0.417. The van der Waals surface area contributed by atoms with Gasteiger partial charge in [0.2, 0.25) is 17.7 Å². The third-order valence-electron chi connectivity index (χ3n) is 6.12. The topological polar surface area (TPSA) is 115 Å². The lowest BCUT2D eigenvalue weighted by Gasteiger charge is -2.38. The standard InChI is InChI=1S/C24H29N5O5/c1-17-4-6-18(7-5-17)26-21(30)15-19-23(32)25-8-9-29(19)22(31)16-27-10-12-28(13-11-27)24(33)20-3-2-14-34-20/h2-7,14,19H,8-13,15-16H2,1H3,(H,25,32)(H,26,30)/t19-/m0/s1. The van der Waals surface area contributed by atoms with E-state index in [2.05, 4.69) is 10.6 Å². The third-order valence-corrected chi connectivity index (χ3v) is 6.12. The normalized spacial score (nSPS) is 19.0. The van der Waals surface area contributed by atoms with Crippen molar-refractivity contribution < 1.29 is 23.6 Å². The molecule has 2 fully saturated rings. The molecule has 4 amide bonds. The second-order valence-electron chi connectivity index (χ2n) is 8.56. The van der Waals surface area contributed by atoms with Crippen molar-refractivity contribution in [3.8, 4) is 0 Å². The van der Waals surface area contributed by atoms with Crippen molar-refractivity contribution >= 4 is 29.3 Å². The van der Waals surface area contributed by atoms with Crippen LogP contribution >= 0.6 is 0 Å². The minimum atomic E-state index is -0.853. The van der Waals surface area contributed by atoms with Gasteiger partial charge in [-0.2, -0.15) is 0 Å². The van der Waals surface area contributed by atoms with E-state index in [4.69, 9.17) is 4.42 Å². The lowest BCUT2D eigenvalue weighted by Crippen LogP contribution is -2.60. The third kappa shape index (κ3) is 5.63. The Morgan fingerprint density at radius 2 is 1.79 bits per heavy atom. The Bertz CT molecular complexity index is 1030. The Labute approximate surface area is 197 Å². The summed E-state index contributed by atoms with van der Waals surface area (Å²) in [5.74, 6) is -0.714. The average Bonchev–Trinajstić information content (AvgIpc) is 3.37. The summed E-state index contributed by atoms with van der Waals surface area (Å²) in [5.41, 5.74) is 1.72. The van der Waals surface area contributed by atoms with Gasteiger partial charge in [-0.15, -0.1) is 0 Å². The van der Waals surface area contributed by atoms with E-state index in [0.29, 0.717) is 50.7 Å². The monoisotopic (exact) mass is 467 g/mol. The summed E-state index contributed by atoms with van der Waals surface area (Å²) in [6.07, 6.45) is 1.35. The molecule has 180 valence electrons. The number of aryl methyl sites for hydroxylation is 1. The van der Waals surface area contributed by atoms with E-state index in [1.165, 1.54) is 11.2 Å². The summed E-state index contributed by atoms with van der Waals surface area (Å²) in [6, 6.07) is 9.83. The molecule has 2 saturated heterocycles. The number of carbonyl (C=O) groups excluding carboxylic acids is 4. The van der Waals surface area contributed by atoms with Crippen LogP contribution in [0.15, 0.2) is 47.1 Å². The predicted molar refractivity (Wildman–Crippen MR) is 124 cm³/mol. The molecule has 4 rings (SSSR count). The lowest BCUT2D eigenvalue weighted by atomic mass is 10.1. The molecule has 3 heterocycles. The number of amides is 4. The van der Waals surface area contributed by atoms with Crippen molar-refractivity contribution in [1.29, 1.82) is 0 Å². The summed E-state index contributed by atoms with van der Waals surface area (Å²) < 4.78 is 5.18. The highest BCUT2D eigenvalue weighted by Gasteiger charge is 2.35. The molecule has 0 unspecified atom stereocenters. The average molecular weight is 468 g/mol. The quantitative estimate of drug-likeness (QED) is 0.646. The van der Waals surface area contributed by atoms with Crippen LogP contribution in [0.5, 0.6) is 0 Å². The Kier molecular flexibility index (Phi) is 7.27. The van der Waals surface area contributed by atoms with E-state index in [-0.39, 0.29) is 36.6 Å². The molecule has 1 aromatic heterocycles. The van der Waals surface area contributed by atoms with Crippen LogP contribution in [0.2, 0.25) is 0 Å². The van der Waals surface area contributed by atoms with Gasteiger partial charge in [0.1, 0.15) is 6.04 Å². The molecule has 2 aliphatic rings. The number of nitrogens with one attached hydrogen (secondary N) is 2. The number of hydrogen-bond donors (Lipinski definition) is 2. The minimum absolute atomic E-state index is 0.114. The van der Waals surface area contributed by atoms with Gasteiger partial charge in [-0.3, -0.25) is 24.1 Å². The molecule has 2 aliphatic heterocycles. The van der Waals surface area contributed by atoms with Crippen LogP contribution in [0.3, 0.4) is 0 Å². The summed E-state index contributed by atoms with van der Waals surface area (Å²) in [7, 11) is 0. The van der Waals surface area contributed by atoms with Crippen LogP contribution in [-0.2, 0) is 14.4 Å². The number of nitrogens with zero attached hydrogens (tertiary/aromatic N) is 3. The van der Waals surface area contributed by atoms with Crippen LogP contribution in [0.1, 0.15) is 22.5 Å². The Morgan fingerprint density at radius 1 is 1.06 bits per heavy atom. The Morgan fingerprint density at radius 3 is 2.47 bits per heavy atom. The first-order valence-corrected chi connectivity index (χ1v) is 11.4. The molecule has 0 bridgehead atoms. The highest BCUT2D eigenvalue weighted by Crippen LogP contribution is 2.15. The fourth-order valence-electron chi connectivity index (χ4n) is 4.19. The first-order chi connectivity index (χ1) is 16.4.